The van der Waals surface area contributed by atoms with Crippen LogP contribution in [0.25, 0.3) is 0 Å². The molecule has 148 valence electrons. The van der Waals surface area contributed by atoms with E-state index in [4.69, 9.17) is 4.74 Å². The molecule has 5 nitrogen and oxygen atoms in total. The number of hydrogen-bond acceptors (Lipinski definition) is 4. The number of fused-ring (bicyclic) bond motifs is 5. The fourth-order valence-electron chi connectivity index (χ4n) is 6.27. The van der Waals surface area contributed by atoms with Crippen molar-refractivity contribution in [3.05, 3.63) is 29.8 Å². The van der Waals surface area contributed by atoms with E-state index in [9.17, 15) is 8.42 Å². The van der Waals surface area contributed by atoms with E-state index >= 15 is 0 Å². The van der Waals surface area contributed by atoms with E-state index in [1.165, 1.54) is 42.0 Å². The summed E-state index contributed by atoms with van der Waals surface area (Å²) in [5.41, 5.74) is 1.17. The van der Waals surface area contributed by atoms with E-state index in [2.05, 4.69) is 5.32 Å². The van der Waals surface area contributed by atoms with Crippen molar-refractivity contribution in [2.45, 2.75) is 49.6 Å². The molecular weight excluding hydrogens is 360 g/mol. The molecule has 1 aromatic rings. The highest BCUT2D eigenvalue weighted by Gasteiger charge is 2.53. The van der Waals surface area contributed by atoms with Gasteiger partial charge in [0.2, 0.25) is 10.0 Å². The van der Waals surface area contributed by atoms with E-state index in [1.807, 2.05) is 12.1 Å². The van der Waals surface area contributed by atoms with Crippen LogP contribution in [0.2, 0.25) is 0 Å². The first kappa shape index (κ1) is 18.1. The molecule has 1 saturated heterocycles. The summed E-state index contributed by atoms with van der Waals surface area (Å²) in [6.07, 6.45) is 7.13. The van der Waals surface area contributed by atoms with Crippen LogP contribution < -0.4 is 5.32 Å². The van der Waals surface area contributed by atoms with Gasteiger partial charge in [0.25, 0.3) is 0 Å². The standard InChI is InChI=1S/C21H30N2O3S/c24-27(25,23-8-10-26-11-9-23)17-6-4-15(5-7-17)14-22-21-13-16-12-20(21)19-3-1-2-18(16)19/h4-7,16,18-22H,1-3,8-14H2. The molecule has 3 saturated carbocycles. The monoisotopic (exact) mass is 390 g/mol. The zero-order chi connectivity index (χ0) is 18.4. The van der Waals surface area contributed by atoms with E-state index in [1.54, 1.807) is 12.1 Å². The first-order valence-corrected chi connectivity index (χ1v) is 12.0. The molecule has 5 rings (SSSR count). The van der Waals surface area contributed by atoms with Gasteiger partial charge in [0.1, 0.15) is 0 Å². The minimum absolute atomic E-state index is 0.391. The van der Waals surface area contributed by atoms with Crippen molar-refractivity contribution >= 4 is 10.0 Å². The van der Waals surface area contributed by atoms with Crippen molar-refractivity contribution in [1.29, 1.82) is 0 Å². The van der Waals surface area contributed by atoms with Crippen molar-refractivity contribution in [2.75, 3.05) is 26.3 Å². The second-order valence-electron chi connectivity index (χ2n) is 8.80. The first-order chi connectivity index (χ1) is 13.1. The normalized spacial score (nSPS) is 36.2. The van der Waals surface area contributed by atoms with Gasteiger partial charge in [0.15, 0.2) is 0 Å². The molecule has 0 spiro atoms. The number of ether oxygens (including phenoxy) is 1. The third-order valence-electron chi connectivity index (χ3n) is 7.53. The van der Waals surface area contributed by atoms with Crippen LogP contribution >= 0.6 is 0 Å². The molecule has 0 radical (unpaired) electrons. The van der Waals surface area contributed by atoms with Crippen molar-refractivity contribution < 1.29 is 13.2 Å². The smallest absolute Gasteiger partial charge is 0.243 e. The van der Waals surface area contributed by atoms with Crippen molar-refractivity contribution in [1.82, 2.24) is 9.62 Å². The summed E-state index contributed by atoms with van der Waals surface area (Å²) in [5, 5.41) is 3.79. The molecule has 5 atom stereocenters. The maximum absolute atomic E-state index is 12.7. The average Bonchev–Trinajstić information content (AvgIpc) is 3.41. The molecule has 1 heterocycles. The van der Waals surface area contributed by atoms with Crippen molar-refractivity contribution in [2.24, 2.45) is 23.7 Å². The van der Waals surface area contributed by atoms with Gasteiger partial charge in [-0.3, -0.25) is 0 Å². The minimum Gasteiger partial charge on any atom is -0.379 e. The molecule has 5 unspecified atom stereocenters. The molecule has 0 aromatic heterocycles. The Morgan fingerprint density at radius 2 is 1.74 bits per heavy atom. The Balaban J connectivity index is 1.20. The maximum atomic E-state index is 12.7. The maximum Gasteiger partial charge on any atom is 0.243 e. The van der Waals surface area contributed by atoms with Gasteiger partial charge in [-0.2, -0.15) is 4.31 Å². The van der Waals surface area contributed by atoms with Crippen molar-refractivity contribution in [3.8, 4) is 0 Å². The van der Waals surface area contributed by atoms with E-state index in [-0.39, 0.29) is 0 Å². The highest BCUT2D eigenvalue weighted by molar-refractivity contribution is 7.89. The van der Waals surface area contributed by atoms with Crippen LogP contribution in [0.4, 0.5) is 0 Å². The van der Waals surface area contributed by atoms with E-state index < -0.39 is 10.0 Å². The molecule has 2 bridgehead atoms. The van der Waals surface area contributed by atoms with Gasteiger partial charge in [-0.25, -0.2) is 8.42 Å². The number of morpholine rings is 1. The largest absolute Gasteiger partial charge is 0.379 e. The minimum atomic E-state index is -3.39. The number of nitrogens with zero attached hydrogens (tertiary/aromatic N) is 1. The van der Waals surface area contributed by atoms with E-state index in [0.29, 0.717) is 37.2 Å². The zero-order valence-electron chi connectivity index (χ0n) is 15.8. The highest BCUT2D eigenvalue weighted by atomic mass is 32.2. The van der Waals surface area contributed by atoms with Gasteiger partial charge < -0.3 is 10.1 Å². The van der Waals surface area contributed by atoms with Crippen LogP contribution in [0, 0.1) is 23.7 Å². The molecule has 27 heavy (non-hydrogen) atoms. The number of benzene rings is 1. The fraction of sp³-hybridized carbons (Fsp3) is 0.714. The number of rotatable bonds is 5. The molecule has 1 N–H and O–H groups in total. The summed E-state index contributed by atoms with van der Waals surface area (Å²) in [6, 6.07) is 8.11. The molecular formula is C21H30N2O3S. The number of sulfonamides is 1. The number of hydrogen-bond donors (Lipinski definition) is 1. The number of nitrogens with one attached hydrogen (secondary N) is 1. The van der Waals surface area contributed by atoms with Crippen LogP contribution in [0.15, 0.2) is 29.2 Å². The lowest BCUT2D eigenvalue weighted by atomic mass is 9.79. The molecule has 0 amide bonds. The topological polar surface area (TPSA) is 58.6 Å². The molecule has 4 aliphatic rings. The molecule has 1 aromatic carbocycles. The van der Waals surface area contributed by atoms with Gasteiger partial charge in [0, 0.05) is 25.7 Å². The third-order valence-corrected chi connectivity index (χ3v) is 9.44. The lowest BCUT2D eigenvalue weighted by molar-refractivity contribution is 0.0730. The lowest BCUT2D eigenvalue weighted by Crippen LogP contribution is -2.40. The Labute approximate surface area is 162 Å². The molecule has 3 aliphatic carbocycles. The van der Waals surface area contributed by atoms with Crippen molar-refractivity contribution in [3.63, 3.8) is 0 Å². The van der Waals surface area contributed by atoms with E-state index in [0.717, 1.165) is 30.2 Å². The van der Waals surface area contributed by atoms with Gasteiger partial charge in [-0.1, -0.05) is 18.6 Å². The summed E-state index contributed by atoms with van der Waals surface area (Å²) in [6.45, 7) is 2.68. The van der Waals surface area contributed by atoms with Gasteiger partial charge in [-0.05, 0) is 67.1 Å². The van der Waals surface area contributed by atoms with Gasteiger partial charge in [-0.15, -0.1) is 0 Å². The molecule has 1 aliphatic heterocycles. The second-order valence-corrected chi connectivity index (χ2v) is 10.7. The Kier molecular flexibility index (Phi) is 4.79. The summed E-state index contributed by atoms with van der Waals surface area (Å²) in [4.78, 5) is 0.391. The van der Waals surface area contributed by atoms with Crippen LogP contribution in [0.1, 0.15) is 37.7 Å². The zero-order valence-corrected chi connectivity index (χ0v) is 16.7. The van der Waals surface area contributed by atoms with Crippen LogP contribution in [0.3, 0.4) is 0 Å². The van der Waals surface area contributed by atoms with Gasteiger partial charge >= 0.3 is 0 Å². The Morgan fingerprint density at radius 1 is 1.00 bits per heavy atom. The van der Waals surface area contributed by atoms with Crippen LogP contribution in [-0.4, -0.2) is 45.1 Å². The Hall–Kier alpha value is -0.950. The van der Waals surface area contributed by atoms with Crippen LogP contribution in [0.5, 0.6) is 0 Å². The first-order valence-electron chi connectivity index (χ1n) is 10.5. The third kappa shape index (κ3) is 3.24. The summed E-state index contributed by atoms with van der Waals surface area (Å²) < 4.78 is 32.2. The summed E-state index contributed by atoms with van der Waals surface area (Å²) in [5.74, 6) is 3.84. The van der Waals surface area contributed by atoms with Crippen LogP contribution in [-0.2, 0) is 21.3 Å². The second kappa shape index (κ2) is 7.14. The summed E-state index contributed by atoms with van der Waals surface area (Å²) >= 11 is 0. The summed E-state index contributed by atoms with van der Waals surface area (Å²) in [7, 11) is -3.39. The highest BCUT2D eigenvalue weighted by Crippen LogP contribution is 2.58. The SMILES string of the molecule is O=S(=O)(c1ccc(CNC2CC3CC2C2CCCC32)cc1)N1CCOCC1. The lowest BCUT2D eigenvalue weighted by Gasteiger charge is -2.32. The molecule has 4 fully saturated rings. The predicted molar refractivity (Wildman–Crippen MR) is 104 cm³/mol. The molecule has 6 heteroatoms. The Morgan fingerprint density at radius 3 is 2.52 bits per heavy atom. The predicted octanol–water partition coefficient (Wildman–Crippen LogP) is 2.62. The fourth-order valence-corrected chi connectivity index (χ4v) is 7.67. The van der Waals surface area contributed by atoms with Gasteiger partial charge in [0.05, 0.1) is 18.1 Å². The average molecular weight is 391 g/mol. The Bertz CT molecular complexity index is 773. The quantitative estimate of drug-likeness (QED) is 0.840.